The van der Waals surface area contributed by atoms with E-state index in [1.807, 2.05) is 24.6 Å². The van der Waals surface area contributed by atoms with Crippen molar-refractivity contribution in [2.75, 3.05) is 0 Å². The zero-order chi connectivity index (χ0) is 8.72. The first-order chi connectivity index (χ1) is 5.68. The van der Waals surface area contributed by atoms with Gasteiger partial charge >= 0.3 is 0 Å². The van der Waals surface area contributed by atoms with Gasteiger partial charge in [0.15, 0.2) is 0 Å². The van der Waals surface area contributed by atoms with Gasteiger partial charge in [0.05, 0.1) is 0 Å². The smallest absolute Gasteiger partial charge is 0.144 e. The number of fused-ring (bicyclic) bond motifs is 1. The van der Waals surface area contributed by atoms with Crippen LogP contribution in [0, 0.1) is 6.92 Å². The van der Waals surface area contributed by atoms with Crippen LogP contribution in [0.5, 0.6) is 0 Å². The Morgan fingerprint density at radius 1 is 1.50 bits per heavy atom. The minimum atomic E-state index is 0.685. The summed E-state index contributed by atoms with van der Waals surface area (Å²) < 4.78 is 1.84. The molecule has 0 fully saturated rings. The fraction of sp³-hybridized carbons (Fsp3) is 0.250. The number of nitrogens with zero attached hydrogens (tertiary/aromatic N) is 3. The second kappa shape index (κ2) is 2.45. The number of hydrogen-bond acceptors (Lipinski definition) is 2. The summed E-state index contributed by atoms with van der Waals surface area (Å²) in [5.74, 6) is 0.764. The van der Waals surface area contributed by atoms with Gasteiger partial charge in [-0.05, 0) is 13.0 Å². The van der Waals surface area contributed by atoms with Gasteiger partial charge in [-0.2, -0.15) is 0 Å². The van der Waals surface area contributed by atoms with Crippen molar-refractivity contribution in [2.24, 2.45) is 7.05 Å². The zero-order valence-corrected chi connectivity index (χ0v) is 7.63. The maximum absolute atomic E-state index is 5.90. The van der Waals surface area contributed by atoms with Gasteiger partial charge in [0.1, 0.15) is 16.6 Å². The van der Waals surface area contributed by atoms with Gasteiger partial charge in [0, 0.05) is 18.6 Å². The molecule has 0 radical (unpaired) electrons. The molecule has 0 bridgehead atoms. The molecule has 2 aromatic rings. The molecule has 0 aliphatic carbocycles. The van der Waals surface area contributed by atoms with Crippen molar-refractivity contribution in [3.63, 3.8) is 0 Å². The molecule has 0 amide bonds. The molecule has 0 saturated heterocycles. The molecule has 2 rings (SSSR count). The summed E-state index contributed by atoms with van der Waals surface area (Å²) in [6.07, 6.45) is 1.78. The van der Waals surface area contributed by atoms with Crippen LogP contribution in [0.1, 0.15) is 5.82 Å². The molecule has 0 aromatic carbocycles. The highest BCUT2D eigenvalue weighted by molar-refractivity contribution is 6.30. The molecule has 2 heterocycles. The molecular weight excluding hydrogens is 174 g/mol. The molecule has 0 spiro atoms. The Kier molecular flexibility index (Phi) is 1.54. The van der Waals surface area contributed by atoms with E-state index >= 15 is 0 Å². The molecule has 0 N–H and O–H groups in total. The van der Waals surface area contributed by atoms with E-state index in [0.717, 1.165) is 16.9 Å². The van der Waals surface area contributed by atoms with Gasteiger partial charge in [-0.1, -0.05) is 11.6 Å². The van der Waals surface area contributed by atoms with Crippen LogP contribution >= 0.6 is 11.6 Å². The summed E-state index contributed by atoms with van der Waals surface area (Å²) in [6.45, 7) is 1.86. The predicted octanol–water partition coefficient (Wildman–Crippen LogP) is 1.93. The van der Waals surface area contributed by atoms with E-state index in [0.29, 0.717) is 5.15 Å². The van der Waals surface area contributed by atoms with Crippen LogP contribution in [0.15, 0.2) is 12.3 Å². The first-order valence-electron chi connectivity index (χ1n) is 3.63. The topological polar surface area (TPSA) is 30.7 Å². The number of aromatic nitrogens is 3. The van der Waals surface area contributed by atoms with E-state index in [2.05, 4.69) is 9.97 Å². The summed E-state index contributed by atoms with van der Waals surface area (Å²) in [7, 11) is 1.89. The number of halogens is 1. The predicted molar refractivity (Wildman–Crippen MR) is 48.3 cm³/mol. The van der Waals surface area contributed by atoms with Gasteiger partial charge in [0.25, 0.3) is 0 Å². The van der Waals surface area contributed by atoms with Crippen LogP contribution in [-0.2, 0) is 7.05 Å². The minimum Gasteiger partial charge on any atom is -0.319 e. The van der Waals surface area contributed by atoms with Gasteiger partial charge in [-0.15, -0.1) is 0 Å². The molecule has 12 heavy (non-hydrogen) atoms. The summed E-state index contributed by atoms with van der Waals surface area (Å²) >= 11 is 5.90. The highest BCUT2D eigenvalue weighted by atomic mass is 35.5. The maximum Gasteiger partial charge on any atom is 0.144 e. The molecule has 0 aliphatic rings. The highest BCUT2D eigenvalue weighted by Crippen LogP contribution is 2.19. The standard InChI is InChI=1S/C8H8ClN3/c1-5-10-4-6-3-7(9)12(2)8(6)11-5/h3-4H,1-2H3. The Bertz CT molecular complexity index is 433. The van der Waals surface area contributed by atoms with Crippen molar-refractivity contribution in [3.8, 4) is 0 Å². The Hall–Kier alpha value is -1.09. The number of aryl methyl sites for hydroxylation is 2. The van der Waals surface area contributed by atoms with Crippen LogP contribution in [0.2, 0.25) is 5.15 Å². The SMILES string of the molecule is Cc1ncc2cc(Cl)n(C)c2n1. The van der Waals surface area contributed by atoms with E-state index in [1.54, 1.807) is 6.20 Å². The van der Waals surface area contributed by atoms with Crippen molar-refractivity contribution in [2.45, 2.75) is 6.92 Å². The fourth-order valence-electron chi connectivity index (χ4n) is 1.16. The molecular formula is C8H8ClN3. The van der Waals surface area contributed by atoms with Gasteiger partial charge < -0.3 is 4.57 Å². The Labute approximate surface area is 75.0 Å². The second-order valence-electron chi connectivity index (χ2n) is 2.72. The lowest BCUT2D eigenvalue weighted by Crippen LogP contribution is -1.92. The largest absolute Gasteiger partial charge is 0.319 e. The lowest BCUT2D eigenvalue weighted by molar-refractivity contribution is 0.933. The maximum atomic E-state index is 5.90. The van der Waals surface area contributed by atoms with E-state index < -0.39 is 0 Å². The normalized spacial score (nSPS) is 10.9. The lowest BCUT2D eigenvalue weighted by Gasteiger charge is -1.96. The van der Waals surface area contributed by atoms with E-state index in [9.17, 15) is 0 Å². The van der Waals surface area contributed by atoms with Crippen LogP contribution < -0.4 is 0 Å². The summed E-state index contributed by atoms with van der Waals surface area (Å²) in [6, 6.07) is 1.86. The fourth-order valence-corrected chi connectivity index (χ4v) is 1.36. The Morgan fingerprint density at radius 2 is 2.25 bits per heavy atom. The quantitative estimate of drug-likeness (QED) is 0.622. The average Bonchev–Trinajstić information content (AvgIpc) is 2.31. The van der Waals surface area contributed by atoms with Crippen LogP contribution in [0.3, 0.4) is 0 Å². The van der Waals surface area contributed by atoms with E-state index in [4.69, 9.17) is 11.6 Å². The number of rotatable bonds is 0. The monoisotopic (exact) mass is 181 g/mol. The second-order valence-corrected chi connectivity index (χ2v) is 3.11. The van der Waals surface area contributed by atoms with Crippen molar-refractivity contribution < 1.29 is 0 Å². The van der Waals surface area contributed by atoms with Crippen molar-refractivity contribution >= 4 is 22.6 Å². The molecule has 62 valence electrons. The van der Waals surface area contributed by atoms with Crippen LogP contribution in [0.4, 0.5) is 0 Å². The average molecular weight is 182 g/mol. The Morgan fingerprint density at radius 3 is 3.00 bits per heavy atom. The zero-order valence-electron chi connectivity index (χ0n) is 6.87. The molecule has 2 aromatic heterocycles. The molecule has 3 nitrogen and oxygen atoms in total. The van der Waals surface area contributed by atoms with Gasteiger partial charge in [-0.25, -0.2) is 9.97 Å². The first-order valence-corrected chi connectivity index (χ1v) is 4.01. The Balaban J connectivity index is 2.88. The third-order valence-electron chi connectivity index (χ3n) is 1.83. The minimum absolute atomic E-state index is 0.685. The summed E-state index contributed by atoms with van der Waals surface area (Å²) in [5.41, 5.74) is 0.882. The van der Waals surface area contributed by atoms with Crippen molar-refractivity contribution in [1.82, 2.24) is 14.5 Å². The van der Waals surface area contributed by atoms with Crippen LogP contribution in [0.25, 0.3) is 11.0 Å². The molecule has 0 saturated carbocycles. The third kappa shape index (κ3) is 0.975. The van der Waals surface area contributed by atoms with Crippen molar-refractivity contribution in [1.29, 1.82) is 0 Å². The lowest BCUT2D eigenvalue weighted by atomic mass is 10.4. The first kappa shape index (κ1) is 7.55. The highest BCUT2D eigenvalue weighted by Gasteiger charge is 2.04. The number of hydrogen-bond donors (Lipinski definition) is 0. The summed E-state index contributed by atoms with van der Waals surface area (Å²) in [5, 5.41) is 1.66. The summed E-state index contributed by atoms with van der Waals surface area (Å²) in [4.78, 5) is 8.34. The van der Waals surface area contributed by atoms with Gasteiger partial charge in [-0.3, -0.25) is 0 Å². The van der Waals surface area contributed by atoms with Crippen LogP contribution in [-0.4, -0.2) is 14.5 Å². The molecule has 0 aliphatic heterocycles. The van der Waals surface area contributed by atoms with Gasteiger partial charge in [0.2, 0.25) is 0 Å². The van der Waals surface area contributed by atoms with E-state index in [1.165, 1.54) is 0 Å². The van der Waals surface area contributed by atoms with Crippen molar-refractivity contribution in [3.05, 3.63) is 23.2 Å². The molecule has 0 atom stereocenters. The molecule has 0 unspecified atom stereocenters. The molecule has 4 heteroatoms. The third-order valence-corrected chi connectivity index (χ3v) is 2.19. The van der Waals surface area contributed by atoms with E-state index in [-0.39, 0.29) is 0 Å².